The minimum absolute atomic E-state index is 0.0483. The van der Waals surface area contributed by atoms with Crippen LogP contribution >= 0.6 is 11.8 Å². The molecule has 2 rings (SSSR count). The van der Waals surface area contributed by atoms with E-state index in [-0.39, 0.29) is 17.1 Å². The van der Waals surface area contributed by atoms with Gasteiger partial charge in [0, 0.05) is 6.04 Å². The molecule has 0 spiro atoms. The zero-order valence-corrected chi connectivity index (χ0v) is 12.2. The van der Waals surface area contributed by atoms with Crippen LogP contribution in [0.3, 0.4) is 0 Å². The fraction of sp³-hybridized carbons (Fsp3) is 0.750. The maximum atomic E-state index is 12.1. The van der Waals surface area contributed by atoms with Gasteiger partial charge in [0.15, 0.2) is 0 Å². The summed E-state index contributed by atoms with van der Waals surface area (Å²) in [7, 11) is 0. The normalized spacial score (nSPS) is 24.9. The van der Waals surface area contributed by atoms with Crippen LogP contribution < -0.4 is 11.1 Å². The van der Waals surface area contributed by atoms with E-state index >= 15 is 0 Å². The number of rotatable bonds is 4. The van der Waals surface area contributed by atoms with Crippen molar-refractivity contribution in [3.8, 4) is 0 Å². The van der Waals surface area contributed by atoms with Gasteiger partial charge in [0.1, 0.15) is 0 Å². The Balaban J connectivity index is 1.85. The van der Waals surface area contributed by atoms with Crippen molar-refractivity contribution in [2.45, 2.75) is 56.0 Å². The molecule has 4 N–H and O–H groups in total. The number of hydrogen-bond donors (Lipinski definition) is 3. The topological polar surface area (TPSA) is 96.7 Å². The molecule has 1 aromatic heterocycles. The van der Waals surface area contributed by atoms with Crippen molar-refractivity contribution in [1.29, 1.82) is 0 Å². The molecule has 7 heteroatoms. The van der Waals surface area contributed by atoms with Gasteiger partial charge >= 0.3 is 0 Å². The van der Waals surface area contributed by atoms with E-state index in [4.69, 9.17) is 5.73 Å². The number of amides is 1. The molecule has 6 nitrogen and oxygen atoms in total. The fourth-order valence-corrected chi connectivity index (χ4v) is 3.09. The molecule has 0 bridgehead atoms. The predicted octanol–water partition coefficient (Wildman–Crippen LogP) is 1.56. The van der Waals surface area contributed by atoms with Gasteiger partial charge in [0.25, 0.3) is 0 Å². The second kappa shape index (κ2) is 6.27. The van der Waals surface area contributed by atoms with Crippen LogP contribution in [-0.4, -0.2) is 32.4 Å². The maximum Gasteiger partial charge on any atom is 0.233 e. The Morgan fingerprint density at radius 2 is 2.26 bits per heavy atom. The lowest BCUT2D eigenvalue weighted by Crippen LogP contribution is -2.44. The largest absolute Gasteiger partial charge is 0.368 e. The molecule has 1 aliphatic rings. The number of nitrogens with zero attached hydrogens (tertiary/aromatic N) is 2. The predicted molar refractivity (Wildman–Crippen MR) is 75.7 cm³/mol. The van der Waals surface area contributed by atoms with E-state index in [9.17, 15) is 4.79 Å². The average Bonchev–Trinajstić information content (AvgIpc) is 2.77. The molecule has 0 saturated heterocycles. The monoisotopic (exact) mass is 283 g/mol. The Hall–Kier alpha value is -1.24. The van der Waals surface area contributed by atoms with Crippen molar-refractivity contribution in [1.82, 2.24) is 20.5 Å². The molecule has 106 valence electrons. The number of nitrogen functional groups attached to an aromatic ring is 1. The summed E-state index contributed by atoms with van der Waals surface area (Å²) in [4.78, 5) is 16.1. The van der Waals surface area contributed by atoms with Crippen LogP contribution in [0.25, 0.3) is 0 Å². The Morgan fingerprint density at radius 3 is 2.89 bits per heavy atom. The van der Waals surface area contributed by atoms with Gasteiger partial charge in [-0.15, -0.1) is 5.10 Å². The third kappa shape index (κ3) is 3.86. The fourth-order valence-electron chi connectivity index (χ4n) is 2.35. The van der Waals surface area contributed by atoms with E-state index in [1.165, 1.54) is 31.0 Å². The van der Waals surface area contributed by atoms with Gasteiger partial charge in [0.2, 0.25) is 17.0 Å². The molecule has 1 heterocycles. The summed E-state index contributed by atoms with van der Waals surface area (Å²) in [5.74, 6) is 0.886. The van der Waals surface area contributed by atoms with Crippen LogP contribution in [0.4, 0.5) is 5.95 Å². The third-order valence-electron chi connectivity index (χ3n) is 3.57. The summed E-state index contributed by atoms with van der Waals surface area (Å²) in [5, 5.41) is 9.92. The lowest BCUT2D eigenvalue weighted by atomic mass is 9.86. The first kappa shape index (κ1) is 14.2. The van der Waals surface area contributed by atoms with Crippen molar-refractivity contribution in [2.24, 2.45) is 5.92 Å². The smallest absolute Gasteiger partial charge is 0.233 e. The molecule has 3 atom stereocenters. The summed E-state index contributed by atoms with van der Waals surface area (Å²) in [5.41, 5.74) is 5.45. The SMILES string of the molecule is C[C@H](Sc1n[nH]c(N)n1)C(=O)N[C@@H]1CCCC[C@@H]1C. The lowest BCUT2D eigenvalue weighted by molar-refractivity contribution is -0.121. The molecular weight excluding hydrogens is 262 g/mol. The first-order valence-electron chi connectivity index (χ1n) is 6.71. The van der Waals surface area contributed by atoms with Crippen LogP contribution in [0.2, 0.25) is 0 Å². The van der Waals surface area contributed by atoms with E-state index in [2.05, 4.69) is 27.4 Å². The highest BCUT2D eigenvalue weighted by atomic mass is 32.2. The quantitative estimate of drug-likeness (QED) is 0.729. The third-order valence-corrected chi connectivity index (χ3v) is 4.53. The highest BCUT2D eigenvalue weighted by molar-refractivity contribution is 8.00. The van der Waals surface area contributed by atoms with E-state index in [0.717, 1.165) is 6.42 Å². The number of aromatic nitrogens is 3. The molecule has 1 fully saturated rings. The summed E-state index contributed by atoms with van der Waals surface area (Å²) >= 11 is 1.32. The van der Waals surface area contributed by atoms with E-state index in [0.29, 0.717) is 17.1 Å². The van der Waals surface area contributed by atoms with Gasteiger partial charge in [0.05, 0.1) is 5.25 Å². The van der Waals surface area contributed by atoms with Crippen LogP contribution in [0.15, 0.2) is 5.16 Å². The van der Waals surface area contributed by atoms with Gasteiger partial charge in [-0.3, -0.25) is 4.79 Å². The van der Waals surface area contributed by atoms with Crippen LogP contribution in [0.1, 0.15) is 39.5 Å². The number of aromatic amines is 1. The highest BCUT2D eigenvalue weighted by Crippen LogP contribution is 2.25. The summed E-state index contributed by atoms with van der Waals surface area (Å²) in [6, 6.07) is 0.307. The van der Waals surface area contributed by atoms with Gasteiger partial charge in [-0.2, -0.15) is 4.98 Å². The minimum atomic E-state index is -0.218. The number of carbonyl (C=O) groups is 1. The van der Waals surface area contributed by atoms with Gasteiger partial charge < -0.3 is 11.1 Å². The number of carbonyl (C=O) groups excluding carboxylic acids is 1. The molecule has 1 aliphatic carbocycles. The van der Waals surface area contributed by atoms with E-state index in [1.54, 1.807) is 0 Å². The number of H-pyrrole nitrogens is 1. The lowest BCUT2D eigenvalue weighted by Gasteiger charge is -2.30. The molecule has 1 amide bonds. The average molecular weight is 283 g/mol. The summed E-state index contributed by atoms with van der Waals surface area (Å²) in [6.45, 7) is 4.07. The number of anilines is 1. The first-order valence-corrected chi connectivity index (χ1v) is 7.59. The standard InChI is InChI=1S/C12H21N5OS/c1-7-5-3-4-6-9(7)14-10(18)8(2)19-12-15-11(13)16-17-12/h7-9H,3-6H2,1-2H3,(H,14,18)(H3,13,15,16,17)/t7-,8-,9+/m0/s1. The Kier molecular flexibility index (Phi) is 4.68. The number of hydrogen-bond acceptors (Lipinski definition) is 5. The number of nitrogens with one attached hydrogen (secondary N) is 2. The van der Waals surface area contributed by atoms with Crippen molar-refractivity contribution in [3.63, 3.8) is 0 Å². The molecule has 1 aromatic rings. The molecule has 1 saturated carbocycles. The molecular formula is C12H21N5OS. The molecule has 0 aromatic carbocycles. The highest BCUT2D eigenvalue weighted by Gasteiger charge is 2.25. The summed E-state index contributed by atoms with van der Waals surface area (Å²) in [6.07, 6.45) is 4.75. The van der Waals surface area contributed by atoms with Crippen LogP contribution in [-0.2, 0) is 4.79 Å². The molecule has 0 aliphatic heterocycles. The van der Waals surface area contributed by atoms with Gasteiger partial charge in [-0.1, -0.05) is 31.5 Å². The number of nitrogens with two attached hydrogens (primary N) is 1. The Labute approximate surface area is 117 Å². The zero-order valence-electron chi connectivity index (χ0n) is 11.3. The second-order valence-electron chi connectivity index (χ2n) is 5.14. The Bertz CT molecular complexity index is 436. The van der Waals surface area contributed by atoms with Crippen LogP contribution in [0, 0.1) is 5.92 Å². The van der Waals surface area contributed by atoms with Crippen LogP contribution in [0.5, 0.6) is 0 Å². The molecule has 0 radical (unpaired) electrons. The first-order chi connectivity index (χ1) is 9.06. The maximum absolute atomic E-state index is 12.1. The zero-order chi connectivity index (χ0) is 13.8. The van der Waals surface area contributed by atoms with E-state index < -0.39 is 0 Å². The Morgan fingerprint density at radius 1 is 1.53 bits per heavy atom. The van der Waals surface area contributed by atoms with Gasteiger partial charge in [-0.25, -0.2) is 5.10 Å². The van der Waals surface area contributed by atoms with Crippen molar-refractivity contribution in [2.75, 3.05) is 5.73 Å². The number of thioether (sulfide) groups is 1. The summed E-state index contributed by atoms with van der Waals surface area (Å²) < 4.78 is 0. The molecule has 0 unspecified atom stereocenters. The van der Waals surface area contributed by atoms with Crippen molar-refractivity contribution in [3.05, 3.63) is 0 Å². The molecule has 19 heavy (non-hydrogen) atoms. The van der Waals surface area contributed by atoms with E-state index in [1.807, 2.05) is 6.92 Å². The minimum Gasteiger partial charge on any atom is -0.368 e. The van der Waals surface area contributed by atoms with Crippen molar-refractivity contribution < 1.29 is 4.79 Å². The van der Waals surface area contributed by atoms with Gasteiger partial charge in [-0.05, 0) is 25.7 Å². The second-order valence-corrected chi connectivity index (χ2v) is 6.45. The van der Waals surface area contributed by atoms with Crippen molar-refractivity contribution >= 4 is 23.6 Å².